The first-order valence-corrected chi connectivity index (χ1v) is 13.5. The van der Waals surface area contributed by atoms with E-state index < -0.39 is 10.0 Å². The summed E-state index contributed by atoms with van der Waals surface area (Å²) >= 11 is 7.63. The highest BCUT2D eigenvalue weighted by atomic mass is 35.5. The summed E-state index contributed by atoms with van der Waals surface area (Å²) in [5, 5.41) is 0. The van der Waals surface area contributed by atoms with Gasteiger partial charge in [0.15, 0.2) is 5.84 Å². The van der Waals surface area contributed by atoms with Crippen molar-refractivity contribution >= 4 is 44.7 Å². The molecule has 1 aromatic carbocycles. The van der Waals surface area contributed by atoms with Crippen LogP contribution in [0.3, 0.4) is 0 Å². The van der Waals surface area contributed by atoms with Crippen molar-refractivity contribution in [2.75, 3.05) is 39.3 Å². The van der Waals surface area contributed by atoms with Gasteiger partial charge in [-0.3, -0.25) is 9.69 Å². The topological polar surface area (TPSA) is 73.3 Å². The van der Waals surface area contributed by atoms with Gasteiger partial charge in [0, 0.05) is 62.2 Å². The number of thiophene rings is 1. The molecule has 0 N–H and O–H groups in total. The molecule has 5 rings (SSSR count). The number of likely N-dealkylation sites (tertiary alicyclic amines) is 1. The van der Waals surface area contributed by atoms with Gasteiger partial charge in [0.25, 0.3) is 10.0 Å². The van der Waals surface area contributed by atoms with Crippen LogP contribution < -0.4 is 0 Å². The zero-order valence-corrected chi connectivity index (χ0v) is 20.0. The number of benzene rings is 1. The first-order chi connectivity index (χ1) is 15.4. The molecule has 0 bridgehead atoms. The van der Waals surface area contributed by atoms with Crippen LogP contribution in [-0.4, -0.2) is 74.1 Å². The minimum atomic E-state index is -3.62. The van der Waals surface area contributed by atoms with Crippen LogP contribution in [-0.2, 0) is 21.4 Å². The lowest BCUT2D eigenvalue weighted by molar-refractivity contribution is -0.138. The fraction of sp³-hybridized carbons (Fsp3) is 0.455. The molecule has 3 aliphatic heterocycles. The highest BCUT2D eigenvalue weighted by molar-refractivity contribution is 7.90. The summed E-state index contributed by atoms with van der Waals surface area (Å²) in [6, 6.07) is 11.0. The summed E-state index contributed by atoms with van der Waals surface area (Å²) in [5.74, 6) is 0.737. The van der Waals surface area contributed by atoms with Crippen molar-refractivity contribution in [1.29, 1.82) is 0 Å². The standard InChI is InChI=1S/C22H25ClN4O3S2/c23-20-6-5-17(31-20)15-25-11-13-27(14-12-25)22(28)16-7-9-26(10-8-16)21-18-3-1-2-4-19(18)32(29,30)24-21/h1-6,16H,7-15H2. The third-order valence-corrected chi connectivity index (χ3v) is 8.99. The van der Waals surface area contributed by atoms with E-state index in [-0.39, 0.29) is 16.7 Å². The van der Waals surface area contributed by atoms with E-state index in [0.717, 1.165) is 37.1 Å². The van der Waals surface area contributed by atoms with E-state index in [9.17, 15) is 13.2 Å². The molecule has 0 unspecified atom stereocenters. The third-order valence-electron chi connectivity index (χ3n) is 6.45. The van der Waals surface area contributed by atoms with E-state index in [1.54, 1.807) is 29.5 Å². The van der Waals surface area contributed by atoms with Crippen LogP contribution in [0.2, 0.25) is 4.34 Å². The molecule has 3 aliphatic rings. The molecular weight excluding hydrogens is 468 g/mol. The van der Waals surface area contributed by atoms with Gasteiger partial charge >= 0.3 is 0 Å². The monoisotopic (exact) mass is 492 g/mol. The molecule has 1 aromatic heterocycles. The Morgan fingerprint density at radius 2 is 1.75 bits per heavy atom. The second-order valence-corrected chi connectivity index (χ2v) is 11.8. The molecule has 2 fully saturated rings. The smallest absolute Gasteiger partial charge is 0.285 e. The van der Waals surface area contributed by atoms with Gasteiger partial charge < -0.3 is 9.80 Å². The number of carbonyl (C=O) groups excluding carboxylic acids is 1. The average Bonchev–Trinajstić information content (AvgIpc) is 3.34. The van der Waals surface area contributed by atoms with Gasteiger partial charge in [-0.05, 0) is 37.1 Å². The molecular formula is C22H25ClN4O3S2. The van der Waals surface area contributed by atoms with Crippen molar-refractivity contribution in [3.05, 3.63) is 51.2 Å². The van der Waals surface area contributed by atoms with Gasteiger partial charge in [-0.1, -0.05) is 23.7 Å². The lowest BCUT2D eigenvalue weighted by atomic mass is 9.94. The summed E-state index contributed by atoms with van der Waals surface area (Å²) in [6.45, 7) is 5.38. The van der Waals surface area contributed by atoms with Crippen LogP contribution in [0.15, 0.2) is 45.7 Å². The van der Waals surface area contributed by atoms with Gasteiger partial charge in [-0.15, -0.1) is 15.7 Å². The number of hydrogen-bond acceptors (Lipinski definition) is 6. The summed E-state index contributed by atoms with van der Waals surface area (Å²) in [5.41, 5.74) is 0.667. The number of rotatable bonds is 3. The number of sulfonamides is 1. The Morgan fingerprint density at radius 1 is 1.03 bits per heavy atom. The van der Waals surface area contributed by atoms with E-state index in [0.29, 0.717) is 37.3 Å². The van der Waals surface area contributed by atoms with Crippen LogP contribution in [0.1, 0.15) is 23.3 Å². The second-order valence-electron chi connectivity index (χ2n) is 8.45. The Hall–Kier alpha value is -1.94. The van der Waals surface area contributed by atoms with Crippen molar-refractivity contribution in [2.24, 2.45) is 10.3 Å². The lowest BCUT2D eigenvalue weighted by Gasteiger charge is -2.38. The van der Waals surface area contributed by atoms with Gasteiger partial charge in [0.05, 0.1) is 4.34 Å². The van der Waals surface area contributed by atoms with Crippen molar-refractivity contribution in [3.8, 4) is 0 Å². The number of piperazine rings is 1. The van der Waals surface area contributed by atoms with Crippen LogP contribution in [0.4, 0.5) is 0 Å². The number of fused-ring (bicyclic) bond motifs is 1. The highest BCUT2D eigenvalue weighted by Crippen LogP contribution is 2.30. The van der Waals surface area contributed by atoms with Gasteiger partial charge in [0.1, 0.15) is 4.90 Å². The molecule has 4 heterocycles. The minimum absolute atomic E-state index is 0.0113. The number of nitrogens with zero attached hydrogens (tertiary/aromatic N) is 4. The van der Waals surface area contributed by atoms with Crippen LogP contribution >= 0.6 is 22.9 Å². The average molecular weight is 493 g/mol. The number of halogens is 1. The summed E-state index contributed by atoms with van der Waals surface area (Å²) in [7, 11) is -3.62. The van der Waals surface area contributed by atoms with Crippen LogP contribution in [0.5, 0.6) is 0 Å². The van der Waals surface area contributed by atoms with Gasteiger partial charge in [-0.2, -0.15) is 8.42 Å². The fourth-order valence-corrected chi connectivity index (χ4v) is 7.05. The quantitative estimate of drug-likeness (QED) is 0.658. The van der Waals surface area contributed by atoms with Crippen molar-refractivity contribution in [1.82, 2.24) is 14.7 Å². The number of hydrogen-bond donors (Lipinski definition) is 0. The zero-order valence-electron chi connectivity index (χ0n) is 17.6. The maximum atomic E-state index is 13.1. The number of amidine groups is 1. The normalized spacial score (nSPS) is 21.5. The molecule has 2 saturated heterocycles. The van der Waals surface area contributed by atoms with E-state index in [1.807, 2.05) is 21.9 Å². The summed E-state index contributed by atoms with van der Waals surface area (Å²) in [4.78, 5) is 21.0. The Morgan fingerprint density at radius 3 is 2.44 bits per heavy atom. The highest BCUT2D eigenvalue weighted by Gasteiger charge is 2.35. The first kappa shape index (κ1) is 21.9. The molecule has 0 saturated carbocycles. The minimum Gasteiger partial charge on any atom is -0.355 e. The predicted octanol–water partition coefficient (Wildman–Crippen LogP) is 2.91. The van der Waals surface area contributed by atoms with Crippen LogP contribution in [0.25, 0.3) is 0 Å². The fourth-order valence-electron chi connectivity index (χ4n) is 4.70. The Balaban J connectivity index is 1.15. The third kappa shape index (κ3) is 4.31. The second kappa shape index (κ2) is 8.78. The van der Waals surface area contributed by atoms with E-state index in [4.69, 9.17) is 11.6 Å². The Bertz CT molecular complexity index is 1150. The number of carbonyl (C=O) groups is 1. The Labute approximate surface area is 197 Å². The van der Waals surface area contributed by atoms with E-state index in [1.165, 1.54) is 4.88 Å². The van der Waals surface area contributed by atoms with Crippen LogP contribution in [0, 0.1) is 5.92 Å². The molecule has 2 aromatic rings. The number of piperidine rings is 1. The molecule has 10 heteroatoms. The van der Waals surface area contributed by atoms with Crippen molar-refractivity contribution in [3.63, 3.8) is 0 Å². The van der Waals surface area contributed by atoms with Crippen molar-refractivity contribution < 1.29 is 13.2 Å². The van der Waals surface area contributed by atoms with Crippen molar-refractivity contribution in [2.45, 2.75) is 24.3 Å². The van der Waals surface area contributed by atoms with E-state index in [2.05, 4.69) is 15.4 Å². The maximum Gasteiger partial charge on any atom is 0.285 e. The molecule has 0 radical (unpaired) electrons. The maximum absolute atomic E-state index is 13.1. The zero-order chi connectivity index (χ0) is 22.3. The van der Waals surface area contributed by atoms with Gasteiger partial charge in [-0.25, -0.2) is 0 Å². The lowest BCUT2D eigenvalue weighted by Crippen LogP contribution is -2.51. The molecule has 32 heavy (non-hydrogen) atoms. The molecule has 0 atom stereocenters. The van der Waals surface area contributed by atoms with Gasteiger partial charge in [0.2, 0.25) is 5.91 Å². The van der Waals surface area contributed by atoms with E-state index >= 15 is 0 Å². The Kier molecular flexibility index (Phi) is 6.00. The summed E-state index contributed by atoms with van der Waals surface area (Å²) < 4.78 is 29.5. The number of amides is 1. The molecule has 0 spiro atoms. The first-order valence-electron chi connectivity index (χ1n) is 10.9. The SMILES string of the molecule is O=C(C1CCN(C2=NS(=O)(=O)c3ccccc32)CC1)N1CCN(Cc2ccc(Cl)s2)CC1. The molecule has 0 aliphatic carbocycles. The largest absolute Gasteiger partial charge is 0.355 e. The molecule has 170 valence electrons. The molecule has 7 nitrogen and oxygen atoms in total. The molecule has 1 amide bonds. The predicted molar refractivity (Wildman–Crippen MR) is 126 cm³/mol. The summed E-state index contributed by atoms with van der Waals surface area (Å²) in [6.07, 6.45) is 1.43.